The van der Waals surface area contributed by atoms with Crippen molar-refractivity contribution in [1.82, 2.24) is 9.97 Å². The van der Waals surface area contributed by atoms with Crippen LogP contribution in [0.25, 0.3) is 0 Å². The Morgan fingerprint density at radius 3 is 2.88 bits per heavy atom. The summed E-state index contributed by atoms with van der Waals surface area (Å²) in [4.78, 5) is 8.82. The SMILES string of the molecule is CNc1ccc(Cl)c(CSc2nc(C)cs2)n1. The van der Waals surface area contributed by atoms with Gasteiger partial charge in [0.25, 0.3) is 0 Å². The highest BCUT2D eigenvalue weighted by molar-refractivity contribution is 8.00. The van der Waals surface area contributed by atoms with Gasteiger partial charge in [0.15, 0.2) is 0 Å². The highest BCUT2D eigenvalue weighted by atomic mass is 35.5. The summed E-state index contributed by atoms with van der Waals surface area (Å²) in [6.45, 7) is 1.99. The van der Waals surface area contributed by atoms with E-state index in [1.165, 1.54) is 0 Å². The second kappa shape index (κ2) is 5.71. The van der Waals surface area contributed by atoms with Gasteiger partial charge in [0, 0.05) is 23.9 Å². The van der Waals surface area contributed by atoms with E-state index in [2.05, 4.69) is 15.3 Å². The summed E-state index contributed by atoms with van der Waals surface area (Å²) < 4.78 is 1.05. The van der Waals surface area contributed by atoms with Crippen LogP contribution in [0.4, 0.5) is 5.82 Å². The topological polar surface area (TPSA) is 37.8 Å². The Morgan fingerprint density at radius 1 is 1.41 bits per heavy atom. The molecule has 90 valence electrons. The summed E-state index contributed by atoms with van der Waals surface area (Å²) in [6, 6.07) is 3.73. The number of thioether (sulfide) groups is 1. The smallest absolute Gasteiger partial charge is 0.150 e. The molecule has 0 aliphatic carbocycles. The number of thiazole rings is 1. The molecule has 2 rings (SSSR count). The third kappa shape index (κ3) is 3.34. The maximum atomic E-state index is 6.10. The van der Waals surface area contributed by atoms with Crippen molar-refractivity contribution in [1.29, 1.82) is 0 Å². The van der Waals surface area contributed by atoms with Gasteiger partial charge < -0.3 is 5.32 Å². The van der Waals surface area contributed by atoms with Gasteiger partial charge in [-0.05, 0) is 19.1 Å². The number of anilines is 1. The molecule has 1 N–H and O–H groups in total. The zero-order valence-electron chi connectivity index (χ0n) is 9.53. The molecular formula is C11H12ClN3S2. The molecule has 0 aliphatic rings. The Labute approximate surface area is 114 Å². The van der Waals surface area contributed by atoms with E-state index in [1.807, 2.05) is 31.5 Å². The first-order valence-corrected chi connectivity index (χ1v) is 7.31. The Morgan fingerprint density at radius 2 is 2.24 bits per heavy atom. The van der Waals surface area contributed by atoms with Crippen molar-refractivity contribution in [3.8, 4) is 0 Å². The fraction of sp³-hybridized carbons (Fsp3) is 0.273. The average Bonchev–Trinajstić information content (AvgIpc) is 2.74. The van der Waals surface area contributed by atoms with E-state index < -0.39 is 0 Å². The molecule has 2 heterocycles. The molecule has 0 fully saturated rings. The summed E-state index contributed by atoms with van der Waals surface area (Å²) >= 11 is 9.41. The largest absolute Gasteiger partial charge is 0.373 e. The maximum absolute atomic E-state index is 6.10. The van der Waals surface area contributed by atoms with Crippen molar-refractivity contribution in [2.24, 2.45) is 0 Å². The summed E-state index contributed by atoms with van der Waals surface area (Å²) in [5, 5.41) is 5.75. The van der Waals surface area contributed by atoms with Crippen molar-refractivity contribution >= 4 is 40.5 Å². The summed E-state index contributed by atoms with van der Waals surface area (Å²) in [5.41, 5.74) is 1.94. The van der Waals surface area contributed by atoms with Crippen LogP contribution < -0.4 is 5.32 Å². The predicted octanol–water partition coefficient (Wildman–Crippen LogP) is 3.83. The standard InChI is InChI=1S/C11H12ClN3S2/c1-7-5-16-11(14-7)17-6-9-8(12)3-4-10(13-2)15-9/h3-5H,6H2,1-2H3,(H,13,15). The second-order valence-electron chi connectivity index (χ2n) is 3.42. The molecule has 0 spiro atoms. The van der Waals surface area contributed by atoms with Crippen LogP contribution in [0.3, 0.4) is 0 Å². The van der Waals surface area contributed by atoms with Crippen LogP contribution in [-0.4, -0.2) is 17.0 Å². The van der Waals surface area contributed by atoms with Gasteiger partial charge in [-0.15, -0.1) is 11.3 Å². The van der Waals surface area contributed by atoms with E-state index in [9.17, 15) is 0 Å². The van der Waals surface area contributed by atoms with Crippen LogP contribution in [0.5, 0.6) is 0 Å². The van der Waals surface area contributed by atoms with E-state index in [-0.39, 0.29) is 0 Å². The Balaban J connectivity index is 2.07. The number of hydrogen-bond acceptors (Lipinski definition) is 5. The minimum absolute atomic E-state index is 0.699. The molecule has 0 saturated heterocycles. The molecule has 0 amide bonds. The molecule has 2 aromatic rings. The van der Waals surface area contributed by atoms with Crippen molar-refractivity contribution in [3.63, 3.8) is 0 Å². The highest BCUT2D eigenvalue weighted by Gasteiger charge is 2.06. The van der Waals surface area contributed by atoms with Crippen LogP contribution in [-0.2, 0) is 5.75 Å². The molecule has 2 aromatic heterocycles. The van der Waals surface area contributed by atoms with E-state index in [4.69, 9.17) is 11.6 Å². The lowest BCUT2D eigenvalue weighted by molar-refractivity contribution is 1.14. The molecule has 0 radical (unpaired) electrons. The minimum atomic E-state index is 0.699. The maximum Gasteiger partial charge on any atom is 0.150 e. The summed E-state index contributed by atoms with van der Waals surface area (Å²) in [5.74, 6) is 1.57. The van der Waals surface area contributed by atoms with Gasteiger partial charge in [-0.3, -0.25) is 0 Å². The fourth-order valence-corrected chi connectivity index (χ4v) is 3.31. The molecule has 6 heteroatoms. The lowest BCUT2D eigenvalue weighted by Crippen LogP contribution is -1.96. The minimum Gasteiger partial charge on any atom is -0.373 e. The van der Waals surface area contributed by atoms with E-state index in [0.29, 0.717) is 5.02 Å². The van der Waals surface area contributed by atoms with Crippen molar-refractivity contribution < 1.29 is 0 Å². The van der Waals surface area contributed by atoms with Crippen LogP contribution in [0.1, 0.15) is 11.4 Å². The van der Waals surface area contributed by atoms with Gasteiger partial charge in [-0.25, -0.2) is 9.97 Å². The van der Waals surface area contributed by atoms with Crippen molar-refractivity contribution in [2.75, 3.05) is 12.4 Å². The van der Waals surface area contributed by atoms with Gasteiger partial charge in [0.2, 0.25) is 0 Å². The summed E-state index contributed by atoms with van der Waals surface area (Å²) in [7, 11) is 1.84. The van der Waals surface area contributed by atoms with Crippen LogP contribution >= 0.6 is 34.7 Å². The first-order chi connectivity index (χ1) is 8.19. The zero-order chi connectivity index (χ0) is 12.3. The third-order valence-corrected chi connectivity index (χ3v) is 4.60. The number of hydrogen-bond donors (Lipinski definition) is 1. The number of pyridine rings is 1. The van der Waals surface area contributed by atoms with E-state index >= 15 is 0 Å². The van der Waals surface area contributed by atoms with Gasteiger partial charge in [0.05, 0.1) is 10.7 Å². The fourth-order valence-electron chi connectivity index (χ4n) is 1.25. The first kappa shape index (κ1) is 12.7. The molecule has 0 aromatic carbocycles. The van der Waals surface area contributed by atoms with Crippen LogP contribution in [0.15, 0.2) is 21.9 Å². The number of aryl methyl sites for hydroxylation is 1. The van der Waals surface area contributed by atoms with Crippen LogP contribution in [0.2, 0.25) is 5.02 Å². The van der Waals surface area contributed by atoms with Crippen molar-refractivity contribution in [2.45, 2.75) is 17.0 Å². The average molecular weight is 286 g/mol. The summed E-state index contributed by atoms with van der Waals surface area (Å²) in [6.07, 6.45) is 0. The molecule has 0 aliphatic heterocycles. The molecule has 0 saturated carbocycles. The highest BCUT2D eigenvalue weighted by Crippen LogP contribution is 2.28. The lowest BCUT2D eigenvalue weighted by atomic mass is 10.3. The molecule has 0 atom stereocenters. The Hall–Kier alpha value is -0.780. The normalized spacial score (nSPS) is 10.5. The first-order valence-electron chi connectivity index (χ1n) is 5.07. The van der Waals surface area contributed by atoms with Gasteiger partial charge in [0.1, 0.15) is 10.2 Å². The molecular weight excluding hydrogens is 274 g/mol. The van der Waals surface area contributed by atoms with E-state index in [1.54, 1.807) is 23.1 Å². The monoisotopic (exact) mass is 285 g/mol. The number of rotatable bonds is 4. The zero-order valence-corrected chi connectivity index (χ0v) is 11.9. The van der Waals surface area contributed by atoms with Crippen LogP contribution in [0, 0.1) is 6.92 Å². The predicted molar refractivity (Wildman–Crippen MR) is 75.2 cm³/mol. The molecule has 0 unspecified atom stereocenters. The number of nitrogens with one attached hydrogen (secondary N) is 1. The molecule has 0 bridgehead atoms. The van der Waals surface area contributed by atoms with E-state index in [0.717, 1.165) is 27.3 Å². The number of aromatic nitrogens is 2. The number of nitrogens with zero attached hydrogens (tertiary/aromatic N) is 2. The third-order valence-electron chi connectivity index (χ3n) is 2.11. The van der Waals surface area contributed by atoms with Crippen molar-refractivity contribution in [3.05, 3.63) is 33.9 Å². The number of halogens is 1. The van der Waals surface area contributed by atoms with Gasteiger partial charge in [-0.1, -0.05) is 23.4 Å². The second-order valence-corrected chi connectivity index (χ2v) is 5.91. The Bertz CT molecular complexity index is 513. The van der Waals surface area contributed by atoms with Gasteiger partial charge in [-0.2, -0.15) is 0 Å². The van der Waals surface area contributed by atoms with Gasteiger partial charge >= 0.3 is 0 Å². The molecule has 17 heavy (non-hydrogen) atoms. The Kier molecular flexibility index (Phi) is 4.25. The lowest BCUT2D eigenvalue weighted by Gasteiger charge is -2.05. The molecule has 3 nitrogen and oxygen atoms in total. The quantitative estimate of drug-likeness (QED) is 0.866.